The first-order valence-corrected chi connectivity index (χ1v) is 9.93. The van der Waals surface area contributed by atoms with Crippen molar-refractivity contribution in [2.24, 2.45) is 5.10 Å². The molecule has 0 spiro atoms. The minimum Gasteiger partial charge on any atom is -0.497 e. The topological polar surface area (TPSA) is 70.1 Å². The van der Waals surface area contributed by atoms with E-state index in [1.54, 1.807) is 18.9 Å². The molecule has 0 amide bonds. The molecule has 0 unspecified atom stereocenters. The third kappa shape index (κ3) is 2.86. The van der Waals surface area contributed by atoms with Crippen molar-refractivity contribution in [3.8, 4) is 5.75 Å². The Labute approximate surface area is 166 Å². The minimum absolute atomic E-state index is 0.569. The molecule has 2 aromatic carbocycles. The van der Waals surface area contributed by atoms with Gasteiger partial charge in [-0.3, -0.25) is 0 Å². The Kier molecular flexibility index (Phi) is 4.12. The van der Waals surface area contributed by atoms with Crippen molar-refractivity contribution in [1.29, 1.82) is 0 Å². The van der Waals surface area contributed by atoms with E-state index in [1.165, 1.54) is 0 Å². The number of rotatable bonds is 4. The number of methoxy groups -OCH3 is 1. The van der Waals surface area contributed by atoms with Gasteiger partial charge in [-0.15, -0.1) is 10.2 Å². The molecule has 0 bridgehead atoms. The zero-order valence-electron chi connectivity index (χ0n) is 15.5. The molecule has 0 atom stereocenters. The summed E-state index contributed by atoms with van der Waals surface area (Å²) in [5.41, 5.74) is 4.13. The summed E-state index contributed by atoms with van der Waals surface area (Å²) in [7, 11) is 1.67. The average Bonchev–Trinajstić information content (AvgIpc) is 3.29. The first-order chi connectivity index (χ1) is 13.7. The van der Waals surface area contributed by atoms with E-state index >= 15 is 0 Å². The van der Waals surface area contributed by atoms with Crippen LogP contribution in [0.5, 0.6) is 5.75 Å². The Morgan fingerprint density at radius 3 is 2.71 bits per heavy atom. The SMILES string of the molecule is COc1ccc(C2=Nn3c(Cn4c(C)nc5ccccc54)nnc3SC2)cc1. The molecule has 0 N–H and O–H groups in total. The lowest BCUT2D eigenvalue weighted by atomic mass is 10.1. The van der Waals surface area contributed by atoms with Gasteiger partial charge in [-0.25, -0.2) is 4.98 Å². The predicted molar refractivity (Wildman–Crippen MR) is 109 cm³/mol. The summed E-state index contributed by atoms with van der Waals surface area (Å²) in [5, 5.41) is 14.4. The maximum Gasteiger partial charge on any atom is 0.212 e. The van der Waals surface area contributed by atoms with E-state index in [-0.39, 0.29) is 0 Å². The number of thioether (sulfide) groups is 1. The lowest BCUT2D eigenvalue weighted by molar-refractivity contribution is 0.415. The maximum atomic E-state index is 5.25. The van der Waals surface area contributed by atoms with Gasteiger partial charge >= 0.3 is 0 Å². The molecule has 0 radical (unpaired) electrons. The molecule has 28 heavy (non-hydrogen) atoms. The van der Waals surface area contributed by atoms with Crippen molar-refractivity contribution in [3.63, 3.8) is 0 Å². The molecule has 3 heterocycles. The molecule has 140 valence electrons. The number of ether oxygens (including phenoxy) is 1. The maximum absolute atomic E-state index is 5.25. The number of hydrogen-bond donors (Lipinski definition) is 0. The van der Waals surface area contributed by atoms with Crippen LogP contribution in [0.4, 0.5) is 0 Å². The first kappa shape index (κ1) is 17.0. The molecular formula is C20H18N6OS. The van der Waals surface area contributed by atoms with E-state index in [1.807, 2.05) is 54.1 Å². The highest BCUT2D eigenvalue weighted by molar-refractivity contribution is 7.99. The Bertz CT molecular complexity index is 1190. The van der Waals surface area contributed by atoms with E-state index in [4.69, 9.17) is 9.84 Å². The van der Waals surface area contributed by atoms with Gasteiger partial charge in [0.2, 0.25) is 5.16 Å². The quantitative estimate of drug-likeness (QED) is 0.534. The highest BCUT2D eigenvalue weighted by Gasteiger charge is 2.21. The van der Waals surface area contributed by atoms with E-state index in [9.17, 15) is 0 Å². The van der Waals surface area contributed by atoms with Gasteiger partial charge in [0.1, 0.15) is 11.6 Å². The summed E-state index contributed by atoms with van der Waals surface area (Å²) in [6.45, 7) is 2.58. The smallest absolute Gasteiger partial charge is 0.212 e. The van der Waals surface area contributed by atoms with Gasteiger partial charge in [-0.05, 0) is 48.9 Å². The second-order valence-corrected chi connectivity index (χ2v) is 7.45. The Morgan fingerprint density at radius 1 is 1.07 bits per heavy atom. The third-order valence-corrected chi connectivity index (χ3v) is 5.73. The molecular weight excluding hydrogens is 372 g/mol. The van der Waals surface area contributed by atoms with E-state index in [0.29, 0.717) is 6.54 Å². The summed E-state index contributed by atoms with van der Waals surface area (Å²) in [6.07, 6.45) is 0. The van der Waals surface area contributed by atoms with Crippen LogP contribution in [0.2, 0.25) is 0 Å². The number of aromatic nitrogens is 5. The number of hydrogen-bond acceptors (Lipinski definition) is 6. The molecule has 0 fully saturated rings. The number of fused-ring (bicyclic) bond motifs is 2. The summed E-state index contributed by atoms with van der Waals surface area (Å²) in [6, 6.07) is 16.1. The van der Waals surface area contributed by atoms with Crippen LogP contribution in [0.1, 0.15) is 17.2 Å². The fourth-order valence-electron chi connectivity index (χ4n) is 3.33. The summed E-state index contributed by atoms with van der Waals surface area (Å²) >= 11 is 1.65. The van der Waals surface area contributed by atoms with Crippen molar-refractivity contribution in [2.75, 3.05) is 12.9 Å². The molecule has 7 nitrogen and oxygen atoms in total. The zero-order valence-corrected chi connectivity index (χ0v) is 16.3. The highest BCUT2D eigenvalue weighted by atomic mass is 32.2. The lowest BCUT2D eigenvalue weighted by Gasteiger charge is -2.14. The number of benzene rings is 2. The summed E-state index contributed by atoms with van der Waals surface area (Å²) < 4.78 is 9.24. The van der Waals surface area contributed by atoms with Gasteiger partial charge in [-0.2, -0.15) is 9.78 Å². The van der Waals surface area contributed by atoms with E-state index in [0.717, 1.165) is 50.6 Å². The summed E-state index contributed by atoms with van der Waals surface area (Å²) in [4.78, 5) is 4.64. The second-order valence-electron chi connectivity index (χ2n) is 6.51. The number of nitrogens with zero attached hydrogens (tertiary/aromatic N) is 6. The summed E-state index contributed by atoms with van der Waals surface area (Å²) in [5.74, 6) is 3.33. The van der Waals surface area contributed by atoms with Crippen LogP contribution < -0.4 is 4.74 Å². The van der Waals surface area contributed by atoms with Crippen molar-refractivity contribution in [3.05, 3.63) is 65.7 Å². The standard InChI is InChI=1S/C20H18N6OS/c1-13-21-16-5-3-4-6-18(16)25(13)11-19-22-23-20-26(19)24-17(12-28-20)14-7-9-15(27-2)10-8-14/h3-10H,11-12H2,1-2H3. The predicted octanol–water partition coefficient (Wildman–Crippen LogP) is 3.35. The Hall–Kier alpha value is -3.13. The molecule has 2 aromatic heterocycles. The van der Waals surface area contributed by atoms with Gasteiger partial charge in [0, 0.05) is 5.75 Å². The number of para-hydroxylation sites is 2. The fraction of sp³-hybridized carbons (Fsp3) is 0.200. The number of imidazole rings is 1. The van der Waals surface area contributed by atoms with Gasteiger partial charge in [-0.1, -0.05) is 23.9 Å². The molecule has 4 aromatic rings. The second kappa shape index (κ2) is 6.79. The number of aryl methyl sites for hydroxylation is 1. The van der Waals surface area contributed by atoms with Crippen LogP contribution in [-0.2, 0) is 6.54 Å². The normalized spacial score (nSPS) is 13.4. The molecule has 1 aliphatic heterocycles. The molecule has 5 rings (SSSR count). The van der Waals surface area contributed by atoms with Gasteiger partial charge < -0.3 is 9.30 Å². The van der Waals surface area contributed by atoms with Crippen LogP contribution in [0.25, 0.3) is 11.0 Å². The van der Waals surface area contributed by atoms with Crippen LogP contribution in [0, 0.1) is 6.92 Å². The van der Waals surface area contributed by atoms with Crippen molar-refractivity contribution in [1.82, 2.24) is 24.4 Å². The van der Waals surface area contributed by atoms with Crippen molar-refractivity contribution >= 4 is 28.5 Å². The Balaban J connectivity index is 1.52. The van der Waals surface area contributed by atoms with Crippen LogP contribution in [0.3, 0.4) is 0 Å². The van der Waals surface area contributed by atoms with Gasteiger partial charge in [0.05, 0.1) is 30.4 Å². The molecule has 0 saturated carbocycles. The van der Waals surface area contributed by atoms with Crippen LogP contribution in [0.15, 0.2) is 58.8 Å². The van der Waals surface area contributed by atoms with Crippen LogP contribution >= 0.6 is 11.8 Å². The van der Waals surface area contributed by atoms with Gasteiger partial charge in [0.25, 0.3) is 0 Å². The third-order valence-electron chi connectivity index (χ3n) is 4.80. The molecule has 1 aliphatic rings. The van der Waals surface area contributed by atoms with E-state index < -0.39 is 0 Å². The van der Waals surface area contributed by atoms with Crippen molar-refractivity contribution < 1.29 is 4.74 Å². The monoisotopic (exact) mass is 390 g/mol. The van der Waals surface area contributed by atoms with Gasteiger partial charge in [0.15, 0.2) is 5.82 Å². The highest BCUT2D eigenvalue weighted by Crippen LogP contribution is 2.26. The molecule has 0 saturated heterocycles. The lowest BCUT2D eigenvalue weighted by Crippen LogP contribution is -2.16. The van der Waals surface area contributed by atoms with E-state index in [2.05, 4.69) is 25.8 Å². The van der Waals surface area contributed by atoms with Crippen LogP contribution in [-0.4, -0.2) is 43.0 Å². The Morgan fingerprint density at radius 2 is 1.89 bits per heavy atom. The first-order valence-electron chi connectivity index (χ1n) is 8.94. The minimum atomic E-state index is 0.569. The molecule has 8 heteroatoms. The average molecular weight is 390 g/mol. The fourth-order valence-corrected chi connectivity index (χ4v) is 4.19. The largest absolute Gasteiger partial charge is 0.497 e. The van der Waals surface area contributed by atoms with Crippen molar-refractivity contribution in [2.45, 2.75) is 18.6 Å². The molecule has 0 aliphatic carbocycles. The zero-order chi connectivity index (χ0) is 19.1.